The van der Waals surface area contributed by atoms with Crippen LogP contribution in [0.3, 0.4) is 0 Å². The molecule has 0 radical (unpaired) electrons. The summed E-state index contributed by atoms with van der Waals surface area (Å²) in [5.74, 6) is 0.619. The van der Waals surface area contributed by atoms with E-state index in [1.54, 1.807) is 0 Å². The third-order valence-corrected chi connectivity index (χ3v) is 5.25. The zero-order valence-corrected chi connectivity index (χ0v) is 14.4. The van der Waals surface area contributed by atoms with Crippen molar-refractivity contribution in [1.29, 1.82) is 0 Å². The molecule has 3 aromatic carbocycles. The molecule has 0 N–H and O–H groups in total. The lowest BCUT2D eigenvalue weighted by atomic mass is 9.81. The third-order valence-electron chi connectivity index (χ3n) is 5.25. The summed E-state index contributed by atoms with van der Waals surface area (Å²) in [5.41, 5.74) is 2.73. The van der Waals surface area contributed by atoms with Crippen LogP contribution in [0.4, 0.5) is 0 Å². The van der Waals surface area contributed by atoms with Crippen LogP contribution in [0.2, 0.25) is 0 Å². The van der Waals surface area contributed by atoms with Crippen LogP contribution in [-0.2, 0) is 4.74 Å². The molecule has 1 saturated heterocycles. The number of Topliss-reactive ketones (excluding diaryl/α,β-unsaturated/α-hetero) is 1. The van der Waals surface area contributed by atoms with Gasteiger partial charge >= 0.3 is 0 Å². The topological polar surface area (TPSA) is 38.8 Å². The maximum absolute atomic E-state index is 13.4. The second-order valence-electron chi connectivity index (χ2n) is 6.94. The van der Waals surface area contributed by atoms with Crippen LogP contribution in [0.25, 0.3) is 0 Å². The lowest BCUT2D eigenvalue weighted by Gasteiger charge is -2.31. The highest BCUT2D eigenvalue weighted by molar-refractivity contribution is 6.08. The number of epoxide rings is 1. The van der Waals surface area contributed by atoms with Gasteiger partial charge in [0.05, 0.1) is 5.56 Å². The van der Waals surface area contributed by atoms with Gasteiger partial charge in [-0.1, -0.05) is 72.3 Å². The molecule has 1 spiro atoms. The van der Waals surface area contributed by atoms with Crippen molar-refractivity contribution in [1.82, 2.24) is 0 Å². The van der Waals surface area contributed by atoms with Crippen LogP contribution in [0.1, 0.15) is 39.3 Å². The Balaban J connectivity index is 1.64. The van der Waals surface area contributed by atoms with Crippen LogP contribution < -0.4 is 4.74 Å². The number of carbonyl (C=O) groups excluding carboxylic acids is 1. The predicted octanol–water partition coefficient (Wildman–Crippen LogP) is 4.82. The summed E-state index contributed by atoms with van der Waals surface area (Å²) in [5, 5.41) is 0. The molecule has 2 aliphatic heterocycles. The highest BCUT2D eigenvalue weighted by atomic mass is 16.6. The molecule has 2 aliphatic rings. The average molecular weight is 342 g/mol. The number of rotatable bonds is 2. The van der Waals surface area contributed by atoms with E-state index in [1.807, 2.05) is 85.8 Å². The maximum Gasteiger partial charge on any atom is 0.205 e. The molecule has 26 heavy (non-hydrogen) atoms. The van der Waals surface area contributed by atoms with Crippen LogP contribution in [0.5, 0.6) is 5.75 Å². The molecule has 0 aliphatic carbocycles. The molecule has 5 rings (SSSR count). The Kier molecular flexibility index (Phi) is 3.28. The number of ether oxygens (including phenoxy) is 2. The van der Waals surface area contributed by atoms with Crippen LogP contribution in [0.15, 0.2) is 78.9 Å². The van der Waals surface area contributed by atoms with Gasteiger partial charge in [-0.05, 0) is 30.2 Å². The van der Waals surface area contributed by atoms with Crippen LogP contribution in [-0.4, -0.2) is 11.4 Å². The van der Waals surface area contributed by atoms with E-state index < -0.39 is 11.7 Å². The molecule has 3 nitrogen and oxygen atoms in total. The number of aryl methyl sites for hydroxylation is 1. The molecule has 3 aromatic rings. The van der Waals surface area contributed by atoms with Gasteiger partial charge in [-0.15, -0.1) is 0 Å². The van der Waals surface area contributed by atoms with Gasteiger partial charge < -0.3 is 9.47 Å². The second-order valence-corrected chi connectivity index (χ2v) is 6.94. The molecule has 3 heteroatoms. The maximum atomic E-state index is 13.4. The van der Waals surface area contributed by atoms with Gasteiger partial charge in [0, 0.05) is 0 Å². The van der Waals surface area contributed by atoms with Crippen molar-refractivity contribution in [3.05, 3.63) is 101 Å². The van der Waals surface area contributed by atoms with Gasteiger partial charge in [-0.2, -0.15) is 0 Å². The first-order chi connectivity index (χ1) is 12.7. The van der Waals surface area contributed by atoms with Crippen molar-refractivity contribution in [3.8, 4) is 5.75 Å². The quantitative estimate of drug-likeness (QED) is 0.627. The molecule has 128 valence electrons. The van der Waals surface area contributed by atoms with Crippen molar-refractivity contribution >= 4 is 5.78 Å². The molecular weight excluding hydrogens is 324 g/mol. The number of fused-ring (bicyclic) bond motifs is 1. The molecular formula is C23H18O3. The van der Waals surface area contributed by atoms with Crippen molar-refractivity contribution in [2.75, 3.05) is 0 Å². The Labute approximate surface area is 152 Å². The van der Waals surface area contributed by atoms with Gasteiger partial charge in [0.1, 0.15) is 11.9 Å². The zero-order valence-electron chi connectivity index (χ0n) is 14.4. The first-order valence-corrected chi connectivity index (χ1v) is 8.80. The fourth-order valence-corrected chi connectivity index (χ4v) is 3.83. The van der Waals surface area contributed by atoms with E-state index in [4.69, 9.17) is 9.47 Å². The number of hydrogen-bond acceptors (Lipinski definition) is 3. The Hall–Kier alpha value is -2.91. The zero-order chi connectivity index (χ0) is 17.7. The Morgan fingerprint density at radius 1 is 0.769 bits per heavy atom. The Morgan fingerprint density at radius 3 is 2.19 bits per heavy atom. The van der Waals surface area contributed by atoms with E-state index in [0.29, 0.717) is 11.3 Å². The lowest BCUT2D eigenvalue weighted by Crippen LogP contribution is -2.40. The molecule has 0 bridgehead atoms. The molecule has 0 aromatic heterocycles. The first-order valence-electron chi connectivity index (χ1n) is 8.80. The average Bonchev–Trinajstić information content (AvgIpc) is 3.42. The molecule has 1 fully saturated rings. The lowest BCUT2D eigenvalue weighted by molar-refractivity contribution is 0.0523. The van der Waals surface area contributed by atoms with E-state index in [-0.39, 0.29) is 11.9 Å². The fourth-order valence-electron chi connectivity index (χ4n) is 3.83. The minimum Gasteiger partial charge on any atom is -0.481 e. The van der Waals surface area contributed by atoms with Crippen LogP contribution >= 0.6 is 0 Å². The largest absolute Gasteiger partial charge is 0.481 e. The molecule has 1 unspecified atom stereocenters. The van der Waals surface area contributed by atoms with E-state index in [9.17, 15) is 4.79 Å². The minimum atomic E-state index is -0.995. The van der Waals surface area contributed by atoms with E-state index in [0.717, 1.165) is 11.1 Å². The van der Waals surface area contributed by atoms with Crippen LogP contribution in [0, 0.1) is 6.92 Å². The van der Waals surface area contributed by atoms with E-state index in [1.165, 1.54) is 5.56 Å². The van der Waals surface area contributed by atoms with Crippen molar-refractivity contribution in [2.24, 2.45) is 0 Å². The van der Waals surface area contributed by atoms with Gasteiger partial charge in [-0.25, -0.2) is 0 Å². The first kappa shape index (κ1) is 15.4. The number of hydrogen-bond donors (Lipinski definition) is 0. The molecule has 0 saturated carbocycles. The summed E-state index contributed by atoms with van der Waals surface area (Å²) < 4.78 is 12.4. The monoisotopic (exact) mass is 342 g/mol. The third kappa shape index (κ3) is 2.14. The summed E-state index contributed by atoms with van der Waals surface area (Å²) in [6, 6.07) is 25.4. The molecule has 0 amide bonds. The number of para-hydroxylation sites is 1. The summed E-state index contributed by atoms with van der Waals surface area (Å²) in [7, 11) is 0. The summed E-state index contributed by atoms with van der Waals surface area (Å²) in [6.45, 7) is 2.05. The predicted molar refractivity (Wildman–Crippen MR) is 98.3 cm³/mol. The van der Waals surface area contributed by atoms with Crippen molar-refractivity contribution in [3.63, 3.8) is 0 Å². The second kappa shape index (κ2) is 5.55. The Morgan fingerprint density at radius 2 is 1.42 bits per heavy atom. The van der Waals surface area contributed by atoms with E-state index in [2.05, 4.69) is 0 Å². The standard InChI is InChI=1S/C23H18O3/c1-15-11-13-17(14-12-15)22-23(26-22)20(24)18-9-5-6-10-19(18)25-21(23)16-7-3-2-4-8-16/h2-14,21-22H,1H3/t21-,22?,23-/m1/s1. The number of benzene rings is 3. The number of ketones is 1. The highest BCUT2D eigenvalue weighted by Crippen LogP contribution is 2.61. The molecule has 2 heterocycles. The van der Waals surface area contributed by atoms with Gasteiger partial charge in [0.2, 0.25) is 11.4 Å². The normalized spacial score (nSPS) is 26.3. The summed E-state index contributed by atoms with van der Waals surface area (Å²) >= 11 is 0. The summed E-state index contributed by atoms with van der Waals surface area (Å²) in [4.78, 5) is 13.4. The fraction of sp³-hybridized carbons (Fsp3) is 0.174. The molecule has 3 atom stereocenters. The van der Waals surface area contributed by atoms with Crippen molar-refractivity contribution < 1.29 is 14.3 Å². The smallest absolute Gasteiger partial charge is 0.205 e. The van der Waals surface area contributed by atoms with Gasteiger partial charge in [-0.3, -0.25) is 4.79 Å². The summed E-state index contributed by atoms with van der Waals surface area (Å²) in [6.07, 6.45) is -0.758. The minimum absolute atomic E-state index is 0.00113. The van der Waals surface area contributed by atoms with Gasteiger partial charge in [0.25, 0.3) is 0 Å². The van der Waals surface area contributed by atoms with Crippen molar-refractivity contribution in [2.45, 2.75) is 24.7 Å². The highest BCUT2D eigenvalue weighted by Gasteiger charge is 2.71. The SMILES string of the molecule is Cc1ccc(C2O[C@@]23C(=O)c2ccccc2O[C@@H]3c2ccccc2)cc1. The van der Waals surface area contributed by atoms with Gasteiger partial charge in [0.15, 0.2) is 6.10 Å². The Bertz CT molecular complexity index is 978. The van der Waals surface area contributed by atoms with E-state index >= 15 is 0 Å². The number of carbonyl (C=O) groups is 1.